The first-order chi connectivity index (χ1) is 24.9. The van der Waals surface area contributed by atoms with Crippen molar-refractivity contribution in [1.82, 2.24) is 40.0 Å². The maximum absolute atomic E-state index is 14.0. The topological polar surface area (TPSA) is 162 Å². The van der Waals surface area contributed by atoms with Crippen LogP contribution in [0, 0.1) is 23.7 Å². The monoisotopic (exact) mass is 802 g/mol. The molecule has 3 amide bonds. The summed E-state index contributed by atoms with van der Waals surface area (Å²) >= 11 is 5.32. The van der Waals surface area contributed by atoms with Crippen molar-refractivity contribution in [3.05, 3.63) is 64.3 Å². The second-order valence-electron chi connectivity index (χ2n) is 14.4. The lowest BCUT2D eigenvalue weighted by Crippen LogP contribution is -2.36. The quantitative estimate of drug-likeness (QED) is 0.116. The SMILES string of the molecule is CN[C@H](c1nc(C(=O)N(C)[C@H](c2nc(C(=O)N(C)[C@H](c3nc(C(=O)N(C)[C@H](c4nc(C(=O)O)cs4)C(C)C)cs3)C(C)C)cs2)C(C)C)cs1)C(C)C. The number of rotatable bonds is 16. The van der Waals surface area contributed by atoms with Crippen LogP contribution in [0.25, 0.3) is 0 Å². The summed E-state index contributed by atoms with van der Waals surface area (Å²) in [6.45, 7) is 16.1. The number of amides is 3. The van der Waals surface area contributed by atoms with Gasteiger partial charge in [0, 0.05) is 42.7 Å². The van der Waals surface area contributed by atoms with Gasteiger partial charge in [0.25, 0.3) is 17.7 Å². The van der Waals surface area contributed by atoms with E-state index >= 15 is 0 Å². The number of aromatic carboxylic acids is 1. The molecule has 0 spiro atoms. The van der Waals surface area contributed by atoms with Gasteiger partial charge >= 0.3 is 5.97 Å². The average Bonchev–Trinajstić information content (AvgIpc) is 3.91. The van der Waals surface area contributed by atoms with Gasteiger partial charge in [-0.1, -0.05) is 55.4 Å². The van der Waals surface area contributed by atoms with Crippen LogP contribution < -0.4 is 5.32 Å². The van der Waals surface area contributed by atoms with Gasteiger partial charge in [0.1, 0.15) is 37.1 Å². The Balaban J connectivity index is 1.53. The zero-order valence-corrected chi connectivity index (χ0v) is 35.5. The molecule has 0 fully saturated rings. The minimum Gasteiger partial charge on any atom is -0.476 e. The second kappa shape index (κ2) is 17.7. The van der Waals surface area contributed by atoms with Gasteiger partial charge in [-0.05, 0) is 30.7 Å². The number of carboxylic acid groups (broad SMARTS) is 1. The van der Waals surface area contributed by atoms with Crippen molar-refractivity contribution >= 4 is 69.0 Å². The predicted octanol–water partition coefficient (Wildman–Crippen LogP) is 7.54. The van der Waals surface area contributed by atoms with Crippen molar-refractivity contribution in [2.24, 2.45) is 23.7 Å². The molecule has 0 aliphatic rings. The molecule has 17 heteroatoms. The predicted molar refractivity (Wildman–Crippen MR) is 211 cm³/mol. The highest BCUT2D eigenvalue weighted by atomic mass is 32.1. The highest BCUT2D eigenvalue weighted by molar-refractivity contribution is 7.10. The van der Waals surface area contributed by atoms with E-state index in [1.54, 1.807) is 52.0 Å². The van der Waals surface area contributed by atoms with Crippen LogP contribution in [0.4, 0.5) is 0 Å². The summed E-state index contributed by atoms with van der Waals surface area (Å²) in [5.41, 5.74) is 0.836. The van der Waals surface area contributed by atoms with Gasteiger partial charge < -0.3 is 25.1 Å². The molecule has 0 saturated heterocycles. The first-order valence-corrected chi connectivity index (χ1v) is 20.9. The minimum absolute atomic E-state index is 0.00698. The number of hydrogen-bond acceptors (Lipinski definition) is 13. The minimum atomic E-state index is -1.12. The fourth-order valence-electron chi connectivity index (χ4n) is 6.45. The van der Waals surface area contributed by atoms with Crippen LogP contribution in [0.1, 0.15) is 142 Å². The summed E-state index contributed by atoms with van der Waals surface area (Å²) in [6, 6.07) is -1.23. The number of thiazole rings is 4. The molecule has 0 aromatic carbocycles. The highest BCUT2D eigenvalue weighted by Crippen LogP contribution is 2.36. The largest absolute Gasteiger partial charge is 0.476 e. The normalized spacial score (nSPS) is 14.1. The summed E-state index contributed by atoms with van der Waals surface area (Å²) in [5.74, 6) is -1.72. The van der Waals surface area contributed by atoms with E-state index in [0.717, 1.165) is 5.01 Å². The van der Waals surface area contributed by atoms with Crippen LogP contribution in [-0.2, 0) is 0 Å². The van der Waals surface area contributed by atoms with Crippen LogP contribution in [-0.4, -0.2) is 91.6 Å². The third kappa shape index (κ3) is 9.19. The fourth-order valence-corrected chi connectivity index (χ4v) is 10.8. The maximum atomic E-state index is 14.0. The van der Waals surface area contributed by atoms with Crippen molar-refractivity contribution in [2.45, 2.75) is 79.6 Å². The Hall–Kier alpha value is -3.64. The Morgan fingerprint density at radius 1 is 0.528 bits per heavy atom. The molecule has 13 nitrogen and oxygen atoms in total. The Morgan fingerprint density at radius 3 is 1.08 bits per heavy atom. The molecule has 4 rings (SSSR count). The Labute approximate surface area is 327 Å². The molecule has 4 aromatic rings. The van der Waals surface area contributed by atoms with Gasteiger partial charge in [0.05, 0.1) is 24.2 Å². The molecule has 0 aliphatic carbocycles. The summed E-state index contributed by atoms with van der Waals surface area (Å²) in [4.78, 5) is 76.1. The van der Waals surface area contributed by atoms with Crippen molar-refractivity contribution in [3.63, 3.8) is 0 Å². The van der Waals surface area contributed by atoms with Gasteiger partial charge in [0.2, 0.25) is 0 Å². The van der Waals surface area contributed by atoms with E-state index in [1.807, 2.05) is 48.6 Å². The summed E-state index contributed by atoms with van der Waals surface area (Å²) in [7, 11) is 7.02. The van der Waals surface area contributed by atoms with E-state index in [1.165, 1.54) is 50.7 Å². The lowest BCUT2D eigenvalue weighted by atomic mass is 10.0. The molecule has 53 heavy (non-hydrogen) atoms. The van der Waals surface area contributed by atoms with Crippen molar-refractivity contribution in [2.75, 3.05) is 28.2 Å². The number of nitrogens with zero attached hydrogens (tertiary/aromatic N) is 7. The number of nitrogens with one attached hydrogen (secondary N) is 1. The Bertz CT molecular complexity index is 1900. The molecule has 4 aromatic heterocycles. The summed E-state index contributed by atoms with van der Waals surface area (Å²) in [5, 5.41) is 22.0. The zero-order valence-electron chi connectivity index (χ0n) is 32.3. The Morgan fingerprint density at radius 2 is 0.811 bits per heavy atom. The fraction of sp³-hybridized carbons (Fsp3) is 0.556. The lowest BCUT2D eigenvalue weighted by molar-refractivity contribution is 0.0669. The van der Waals surface area contributed by atoms with E-state index in [2.05, 4.69) is 29.1 Å². The van der Waals surface area contributed by atoms with Gasteiger partial charge in [-0.2, -0.15) is 0 Å². The number of aromatic nitrogens is 4. The van der Waals surface area contributed by atoms with Gasteiger partial charge in [0.15, 0.2) is 5.69 Å². The lowest BCUT2D eigenvalue weighted by Gasteiger charge is -2.30. The first kappa shape index (κ1) is 42.1. The molecule has 4 heterocycles. The number of carboxylic acids is 1. The first-order valence-electron chi connectivity index (χ1n) is 17.4. The van der Waals surface area contributed by atoms with Gasteiger partial charge in [-0.15, -0.1) is 45.3 Å². The number of carbonyl (C=O) groups is 4. The van der Waals surface area contributed by atoms with Crippen LogP contribution in [0.15, 0.2) is 21.5 Å². The smallest absolute Gasteiger partial charge is 0.355 e. The molecule has 0 aliphatic heterocycles. The Kier molecular flexibility index (Phi) is 14.0. The second-order valence-corrected chi connectivity index (χ2v) is 18.0. The molecule has 0 radical (unpaired) electrons. The molecule has 2 N–H and O–H groups in total. The summed E-state index contributed by atoms with van der Waals surface area (Å²) in [6.07, 6.45) is 0. The van der Waals surface area contributed by atoms with Crippen molar-refractivity contribution < 1.29 is 24.3 Å². The third-order valence-corrected chi connectivity index (χ3v) is 12.7. The molecule has 288 valence electrons. The van der Waals surface area contributed by atoms with Gasteiger partial charge in [-0.3, -0.25) is 14.4 Å². The molecular formula is C36H50N8O5S4. The molecular weight excluding hydrogens is 753 g/mol. The van der Waals surface area contributed by atoms with Crippen LogP contribution in [0.2, 0.25) is 0 Å². The molecule has 0 saturated carbocycles. The van der Waals surface area contributed by atoms with Gasteiger partial charge in [-0.25, -0.2) is 24.7 Å². The van der Waals surface area contributed by atoms with E-state index < -0.39 is 18.1 Å². The molecule has 4 atom stereocenters. The van der Waals surface area contributed by atoms with Crippen LogP contribution in [0.5, 0.6) is 0 Å². The number of carbonyl (C=O) groups excluding carboxylic acids is 3. The van der Waals surface area contributed by atoms with Crippen LogP contribution in [0.3, 0.4) is 0 Å². The van der Waals surface area contributed by atoms with E-state index in [-0.39, 0.29) is 64.6 Å². The van der Waals surface area contributed by atoms with Crippen molar-refractivity contribution in [1.29, 1.82) is 0 Å². The highest BCUT2D eigenvalue weighted by Gasteiger charge is 2.35. The van der Waals surface area contributed by atoms with Crippen molar-refractivity contribution in [3.8, 4) is 0 Å². The maximum Gasteiger partial charge on any atom is 0.355 e. The average molecular weight is 803 g/mol. The van der Waals surface area contributed by atoms with Crippen LogP contribution >= 0.6 is 45.3 Å². The summed E-state index contributed by atoms with van der Waals surface area (Å²) < 4.78 is 0. The van der Waals surface area contributed by atoms with E-state index in [0.29, 0.717) is 26.6 Å². The zero-order chi connectivity index (χ0) is 39.5. The molecule has 0 unspecified atom stereocenters. The van der Waals surface area contributed by atoms with E-state index in [9.17, 15) is 24.3 Å². The molecule has 0 bridgehead atoms. The number of hydrogen-bond donors (Lipinski definition) is 2. The third-order valence-electron chi connectivity index (χ3n) is 9.07. The standard InChI is InChI=1S/C36H50N8O5S4/c1-17(2)25(37-9)29-38-21(13-50-29)33(45)42(10)26(18(3)4)30-39-22(14-51-30)34(46)43(11)27(19(5)6)31-40-23(15-52-31)35(47)44(12)28(20(7)8)32-41-24(16-53-32)36(48)49/h13-20,25-28,37H,1-12H3,(H,48,49)/t25-,26-,27-,28-/m0/s1. The van der Waals surface area contributed by atoms with E-state index in [4.69, 9.17) is 9.97 Å².